The van der Waals surface area contributed by atoms with Crippen molar-refractivity contribution in [3.8, 4) is 5.75 Å². The van der Waals surface area contributed by atoms with Crippen molar-refractivity contribution in [3.63, 3.8) is 0 Å². The summed E-state index contributed by atoms with van der Waals surface area (Å²) >= 11 is 0. The molecular formula is C20H30N2O3S. The van der Waals surface area contributed by atoms with Crippen molar-refractivity contribution in [2.24, 2.45) is 11.8 Å². The summed E-state index contributed by atoms with van der Waals surface area (Å²) in [5, 5.41) is 0. The molecule has 0 spiro atoms. The minimum Gasteiger partial charge on any atom is -0.492 e. The van der Waals surface area contributed by atoms with Crippen LogP contribution in [0, 0.1) is 18.8 Å². The molecule has 3 saturated heterocycles. The number of piperidine rings is 1. The Morgan fingerprint density at radius 1 is 1.04 bits per heavy atom. The third kappa shape index (κ3) is 4.41. The topological polar surface area (TPSA) is 49.9 Å². The average molecular weight is 379 g/mol. The molecule has 1 aliphatic carbocycles. The molecule has 0 radical (unpaired) electrons. The lowest BCUT2D eigenvalue weighted by atomic mass is 9.95. The molecule has 1 aromatic rings. The highest BCUT2D eigenvalue weighted by molar-refractivity contribution is 7.89. The van der Waals surface area contributed by atoms with E-state index in [9.17, 15) is 8.42 Å². The molecule has 0 N–H and O–H groups in total. The van der Waals surface area contributed by atoms with Crippen molar-refractivity contribution in [1.82, 2.24) is 9.21 Å². The van der Waals surface area contributed by atoms with Crippen LogP contribution in [-0.4, -0.2) is 62.2 Å². The first-order chi connectivity index (χ1) is 12.5. The molecule has 4 aliphatic rings. The van der Waals surface area contributed by atoms with E-state index in [-0.39, 0.29) is 12.4 Å². The van der Waals surface area contributed by atoms with Crippen molar-refractivity contribution < 1.29 is 13.2 Å². The van der Waals surface area contributed by atoms with Crippen molar-refractivity contribution in [1.29, 1.82) is 0 Å². The van der Waals surface area contributed by atoms with Crippen LogP contribution >= 0.6 is 0 Å². The van der Waals surface area contributed by atoms with E-state index in [1.54, 1.807) is 4.31 Å². The fraction of sp³-hybridized carbons (Fsp3) is 0.700. The molecule has 1 aromatic carbocycles. The van der Waals surface area contributed by atoms with E-state index >= 15 is 0 Å². The van der Waals surface area contributed by atoms with Gasteiger partial charge in [-0.25, -0.2) is 8.42 Å². The van der Waals surface area contributed by atoms with Crippen LogP contribution in [0.2, 0.25) is 0 Å². The van der Waals surface area contributed by atoms with Crippen molar-refractivity contribution in [3.05, 3.63) is 29.8 Å². The van der Waals surface area contributed by atoms with Crippen LogP contribution in [0.3, 0.4) is 0 Å². The van der Waals surface area contributed by atoms with Gasteiger partial charge in [0.1, 0.15) is 12.4 Å². The van der Waals surface area contributed by atoms with Crippen LogP contribution in [0.1, 0.15) is 31.2 Å². The van der Waals surface area contributed by atoms with Gasteiger partial charge in [-0.05, 0) is 56.6 Å². The Kier molecular flexibility index (Phi) is 5.26. The van der Waals surface area contributed by atoms with Crippen molar-refractivity contribution in [2.75, 3.05) is 38.5 Å². The van der Waals surface area contributed by atoms with Gasteiger partial charge in [-0.15, -0.1) is 0 Å². The summed E-state index contributed by atoms with van der Waals surface area (Å²) in [4.78, 5) is 2.57. The molecule has 26 heavy (non-hydrogen) atoms. The van der Waals surface area contributed by atoms with Gasteiger partial charge in [-0.3, -0.25) is 4.90 Å². The summed E-state index contributed by atoms with van der Waals surface area (Å²) in [6.45, 7) is 5.83. The first-order valence-corrected chi connectivity index (χ1v) is 11.5. The lowest BCUT2D eigenvalue weighted by molar-refractivity contribution is 0.127. The second kappa shape index (κ2) is 7.49. The van der Waals surface area contributed by atoms with Gasteiger partial charge in [0, 0.05) is 32.2 Å². The third-order valence-electron chi connectivity index (χ3n) is 6.01. The second-order valence-electron chi connectivity index (χ2n) is 8.29. The number of fused-ring (bicyclic) bond motifs is 4. The molecule has 5 nitrogen and oxygen atoms in total. The lowest BCUT2D eigenvalue weighted by Gasteiger charge is -2.36. The van der Waals surface area contributed by atoms with Crippen molar-refractivity contribution in [2.45, 2.75) is 38.6 Å². The Labute approximate surface area is 157 Å². The first kappa shape index (κ1) is 18.3. The molecule has 3 aliphatic heterocycles. The molecule has 1 saturated carbocycles. The molecule has 4 fully saturated rings. The summed E-state index contributed by atoms with van der Waals surface area (Å²) in [6.07, 6.45) is 5.01. The van der Waals surface area contributed by atoms with Gasteiger partial charge >= 0.3 is 0 Å². The van der Waals surface area contributed by atoms with Gasteiger partial charge in [0.15, 0.2) is 0 Å². The number of benzene rings is 1. The lowest BCUT2D eigenvalue weighted by Crippen LogP contribution is -2.45. The van der Waals surface area contributed by atoms with Gasteiger partial charge < -0.3 is 4.74 Å². The molecular weight excluding hydrogens is 348 g/mol. The second-order valence-corrected chi connectivity index (χ2v) is 10.4. The van der Waals surface area contributed by atoms with Crippen LogP contribution in [0.4, 0.5) is 0 Å². The molecule has 144 valence electrons. The van der Waals surface area contributed by atoms with Crippen molar-refractivity contribution >= 4 is 10.0 Å². The summed E-state index contributed by atoms with van der Waals surface area (Å²) in [5.74, 6) is 2.14. The number of hydrogen-bond donors (Lipinski definition) is 0. The van der Waals surface area contributed by atoms with Gasteiger partial charge in [0.2, 0.25) is 10.0 Å². The molecule has 3 heterocycles. The minimum atomic E-state index is -3.27. The molecule has 2 bridgehead atoms. The molecule has 0 amide bonds. The van der Waals surface area contributed by atoms with E-state index < -0.39 is 10.0 Å². The van der Waals surface area contributed by atoms with Gasteiger partial charge in [-0.1, -0.05) is 17.7 Å². The Balaban J connectivity index is 1.34. The maximum atomic E-state index is 12.9. The van der Waals surface area contributed by atoms with E-state index in [4.69, 9.17) is 4.74 Å². The summed E-state index contributed by atoms with van der Waals surface area (Å²) in [5.41, 5.74) is 1.17. The minimum absolute atomic E-state index is 0.0585. The summed E-state index contributed by atoms with van der Waals surface area (Å²) in [7, 11) is -3.27. The van der Waals surface area contributed by atoms with Crippen LogP contribution in [0.5, 0.6) is 5.75 Å². The van der Waals surface area contributed by atoms with Crippen LogP contribution in [0.25, 0.3) is 0 Å². The highest BCUT2D eigenvalue weighted by Crippen LogP contribution is 2.35. The summed E-state index contributed by atoms with van der Waals surface area (Å²) in [6, 6.07) is 8.14. The zero-order chi connectivity index (χ0) is 18.1. The van der Waals surface area contributed by atoms with Crippen LogP contribution < -0.4 is 4.74 Å². The average Bonchev–Trinajstić information content (AvgIpc) is 3.44. The predicted molar refractivity (Wildman–Crippen MR) is 103 cm³/mol. The molecule has 6 heteroatoms. The fourth-order valence-electron chi connectivity index (χ4n) is 4.25. The maximum Gasteiger partial charge on any atom is 0.217 e. The normalized spacial score (nSPS) is 27.4. The highest BCUT2D eigenvalue weighted by Gasteiger charge is 2.40. The number of aryl methyl sites for hydroxylation is 1. The predicted octanol–water partition coefficient (Wildman–Crippen LogP) is 2.51. The van der Waals surface area contributed by atoms with Gasteiger partial charge in [-0.2, -0.15) is 4.31 Å². The highest BCUT2D eigenvalue weighted by atomic mass is 32.2. The van der Waals surface area contributed by atoms with Crippen LogP contribution in [0.15, 0.2) is 24.3 Å². The van der Waals surface area contributed by atoms with Crippen LogP contribution in [-0.2, 0) is 10.0 Å². The number of rotatable bonds is 7. The molecule has 5 rings (SSSR count). The fourth-order valence-corrected chi connectivity index (χ4v) is 5.64. The van der Waals surface area contributed by atoms with E-state index in [0.717, 1.165) is 31.1 Å². The zero-order valence-corrected chi connectivity index (χ0v) is 16.5. The molecule has 0 aromatic heterocycles. The Morgan fingerprint density at radius 2 is 1.81 bits per heavy atom. The Morgan fingerprint density at radius 3 is 2.54 bits per heavy atom. The number of sulfonamides is 1. The third-order valence-corrected chi connectivity index (χ3v) is 7.77. The van der Waals surface area contributed by atoms with Gasteiger partial charge in [0.25, 0.3) is 0 Å². The SMILES string of the molecule is Cc1ccc(OCCS(=O)(=O)N2C[C@H]3CC[C@@H](C2)N(CC2CC2)C3)cc1. The largest absolute Gasteiger partial charge is 0.492 e. The Bertz CT molecular complexity index is 715. The van der Waals surface area contributed by atoms with Gasteiger partial charge in [0.05, 0.1) is 5.75 Å². The zero-order valence-electron chi connectivity index (χ0n) is 15.6. The molecule has 2 atom stereocenters. The Hall–Kier alpha value is -1.11. The maximum absolute atomic E-state index is 12.9. The molecule has 0 unspecified atom stereocenters. The van der Waals surface area contributed by atoms with E-state index in [1.165, 1.54) is 24.9 Å². The monoisotopic (exact) mass is 378 g/mol. The summed E-state index contributed by atoms with van der Waals surface area (Å²) < 4.78 is 33.1. The van der Waals surface area contributed by atoms with E-state index in [1.807, 2.05) is 31.2 Å². The van der Waals surface area contributed by atoms with E-state index in [2.05, 4.69) is 4.90 Å². The number of hydrogen-bond acceptors (Lipinski definition) is 4. The quantitative estimate of drug-likeness (QED) is 0.732. The number of nitrogens with zero attached hydrogens (tertiary/aromatic N) is 2. The first-order valence-electron chi connectivity index (χ1n) is 9.91. The number of ether oxygens (including phenoxy) is 1. The smallest absolute Gasteiger partial charge is 0.217 e. The standard InChI is InChI=1S/C20H30N2O3S/c1-16-2-8-20(9-3-16)25-10-11-26(23,24)22-14-18-6-7-19(15-22)21(13-18)12-17-4-5-17/h2-3,8-9,17-19H,4-7,10-15H2,1H3/t18-,19-/m0/s1. The van der Waals surface area contributed by atoms with E-state index in [0.29, 0.717) is 25.0 Å².